The van der Waals surface area contributed by atoms with Crippen LogP contribution in [0.4, 0.5) is 6.01 Å². The van der Waals surface area contributed by atoms with Gasteiger partial charge < -0.3 is 14.6 Å². The quantitative estimate of drug-likeness (QED) is 0.830. The highest BCUT2D eigenvalue weighted by Gasteiger charge is 2.24. The molecule has 1 aliphatic carbocycles. The third kappa shape index (κ3) is 3.44. The number of nitrogens with zero attached hydrogens (tertiary/aromatic N) is 3. The molecule has 1 aliphatic heterocycles. The van der Waals surface area contributed by atoms with E-state index >= 15 is 0 Å². The van der Waals surface area contributed by atoms with Crippen LogP contribution in [0.15, 0.2) is 4.42 Å². The molecule has 106 valence electrons. The maximum atomic E-state index is 11.5. The van der Waals surface area contributed by atoms with Gasteiger partial charge in [0.25, 0.3) is 0 Å². The van der Waals surface area contributed by atoms with Crippen molar-refractivity contribution in [1.82, 2.24) is 15.5 Å². The minimum atomic E-state index is -2.91. The van der Waals surface area contributed by atoms with Gasteiger partial charge >= 0.3 is 6.01 Å². The van der Waals surface area contributed by atoms with Crippen molar-refractivity contribution in [3.63, 3.8) is 0 Å². The van der Waals surface area contributed by atoms with Crippen LogP contribution in [0.5, 0.6) is 0 Å². The summed E-state index contributed by atoms with van der Waals surface area (Å²) in [6.07, 6.45) is 3.04. The molecule has 19 heavy (non-hydrogen) atoms. The van der Waals surface area contributed by atoms with Gasteiger partial charge in [0, 0.05) is 19.1 Å². The number of anilines is 1. The van der Waals surface area contributed by atoms with Crippen molar-refractivity contribution >= 4 is 15.9 Å². The minimum Gasteiger partial charge on any atom is -0.407 e. The molecule has 3 rings (SSSR count). The first kappa shape index (κ1) is 12.9. The fourth-order valence-corrected chi connectivity index (χ4v) is 3.36. The predicted molar refractivity (Wildman–Crippen MR) is 69.6 cm³/mol. The van der Waals surface area contributed by atoms with Gasteiger partial charge in [0.1, 0.15) is 0 Å². The monoisotopic (exact) mass is 286 g/mol. The zero-order valence-corrected chi connectivity index (χ0v) is 11.5. The maximum Gasteiger partial charge on any atom is 0.318 e. The summed E-state index contributed by atoms with van der Waals surface area (Å²) in [6, 6.07) is 1.03. The zero-order valence-electron chi connectivity index (χ0n) is 10.7. The lowest BCUT2D eigenvalue weighted by Crippen LogP contribution is -2.27. The summed E-state index contributed by atoms with van der Waals surface area (Å²) in [4.78, 5) is 1.86. The third-order valence-electron chi connectivity index (χ3n) is 3.40. The Morgan fingerprint density at radius 1 is 1.26 bits per heavy atom. The van der Waals surface area contributed by atoms with Crippen LogP contribution in [0.1, 0.15) is 25.2 Å². The Kier molecular flexibility index (Phi) is 3.44. The van der Waals surface area contributed by atoms with Crippen LogP contribution in [0, 0.1) is 0 Å². The van der Waals surface area contributed by atoms with Crippen molar-refractivity contribution in [2.24, 2.45) is 0 Å². The summed E-state index contributed by atoms with van der Waals surface area (Å²) in [5, 5.41) is 11.3. The summed E-state index contributed by atoms with van der Waals surface area (Å²) < 4.78 is 28.6. The largest absolute Gasteiger partial charge is 0.407 e. The molecule has 1 saturated carbocycles. The highest BCUT2D eigenvalue weighted by Crippen LogP contribution is 2.20. The molecule has 0 atom stereocenters. The Bertz CT molecular complexity index is 538. The minimum absolute atomic E-state index is 0.158. The Morgan fingerprint density at radius 2 is 2.11 bits per heavy atom. The summed E-state index contributed by atoms with van der Waals surface area (Å²) in [6.45, 7) is 1.67. The first-order valence-electron chi connectivity index (χ1n) is 6.63. The Morgan fingerprint density at radius 3 is 2.89 bits per heavy atom. The lowest BCUT2D eigenvalue weighted by atomic mass is 10.4. The maximum absolute atomic E-state index is 11.5. The molecule has 0 amide bonds. The van der Waals surface area contributed by atoms with Crippen LogP contribution in [0.3, 0.4) is 0 Å². The molecule has 2 fully saturated rings. The predicted octanol–water partition coefficient (Wildman–Crippen LogP) is -0.0535. The summed E-state index contributed by atoms with van der Waals surface area (Å²) in [5.74, 6) is 0.965. The van der Waals surface area contributed by atoms with Crippen molar-refractivity contribution in [2.45, 2.75) is 31.8 Å². The van der Waals surface area contributed by atoms with Crippen LogP contribution in [0.25, 0.3) is 0 Å². The molecule has 0 unspecified atom stereocenters. The summed E-state index contributed by atoms with van der Waals surface area (Å²) in [7, 11) is -2.91. The lowest BCUT2D eigenvalue weighted by molar-refractivity contribution is 0.461. The van der Waals surface area contributed by atoms with Crippen LogP contribution in [0.2, 0.25) is 0 Å². The lowest BCUT2D eigenvalue weighted by Gasteiger charge is -2.15. The van der Waals surface area contributed by atoms with Gasteiger partial charge in [-0.1, -0.05) is 5.10 Å². The van der Waals surface area contributed by atoms with Crippen molar-refractivity contribution < 1.29 is 12.8 Å². The van der Waals surface area contributed by atoms with Crippen molar-refractivity contribution in [3.05, 3.63) is 5.89 Å². The van der Waals surface area contributed by atoms with Gasteiger partial charge in [-0.2, -0.15) is 0 Å². The molecule has 2 heterocycles. The van der Waals surface area contributed by atoms with E-state index in [1.54, 1.807) is 0 Å². The molecule has 2 aliphatic rings. The molecule has 1 N–H and O–H groups in total. The molecule has 1 aromatic heterocycles. The topological polar surface area (TPSA) is 88.3 Å². The molecule has 0 bridgehead atoms. The van der Waals surface area contributed by atoms with Crippen molar-refractivity contribution in [3.8, 4) is 0 Å². The molecular weight excluding hydrogens is 268 g/mol. The van der Waals surface area contributed by atoms with Gasteiger partial charge in [0.15, 0.2) is 9.84 Å². The van der Waals surface area contributed by atoms with Crippen molar-refractivity contribution in [2.75, 3.05) is 29.5 Å². The normalized spacial score (nSPS) is 23.3. The Hall–Kier alpha value is -1.15. The Labute approximate surface area is 112 Å². The molecule has 1 aromatic rings. The highest BCUT2D eigenvalue weighted by molar-refractivity contribution is 7.91. The average Bonchev–Trinajstić information content (AvgIpc) is 3.11. The molecule has 0 spiro atoms. The summed E-state index contributed by atoms with van der Waals surface area (Å²) in [5.41, 5.74) is 0. The van der Waals surface area contributed by atoms with Gasteiger partial charge in [-0.05, 0) is 19.3 Å². The first-order chi connectivity index (χ1) is 9.12. The molecule has 0 radical (unpaired) electrons. The van der Waals surface area contributed by atoms with Gasteiger partial charge in [-0.15, -0.1) is 5.10 Å². The Balaban J connectivity index is 1.61. The van der Waals surface area contributed by atoms with E-state index in [2.05, 4.69) is 15.5 Å². The second-order valence-electron chi connectivity index (χ2n) is 5.13. The average molecular weight is 286 g/mol. The number of aromatic nitrogens is 2. The summed E-state index contributed by atoms with van der Waals surface area (Å²) >= 11 is 0. The van der Waals surface area contributed by atoms with Crippen LogP contribution in [-0.2, 0) is 16.4 Å². The van der Waals surface area contributed by atoms with E-state index < -0.39 is 9.84 Å². The van der Waals surface area contributed by atoms with Gasteiger partial charge in [-0.25, -0.2) is 8.42 Å². The van der Waals surface area contributed by atoms with E-state index in [1.807, 2.05) is 4.90 Å². The van der Waals surface area contributed by atoms with Crippen LogP contribution < -0.4 is 10.2 Å². The SMILES string of the molecule is O=S1(=O)CCCN(c2nnc(CNC3CC3)o2)CC1. The van der Waals surface area contributed by atoms with E-state index in [4.69, 9.17) is 4.42 Å². The number of nitrogens with one attached hydrogen (secondary N) is 1. The van der Waals surface area contributed by atoms with Gasteiger partial charge in [0.05, 0.1) is 18.1 Å². The van der Waals surface area contributed by atoms with E-state index in [1.165, 1.54) is 12.8 Å². The second-order valence-corrected chi connectivity index (χ2v) is 7.43. The van der Waals surface area contributed by atoms with Crippen LogP contribution >= 0.6 is 0 Å². The van der Waals surface area contributed by atoms with Crippen LogP contribution in [-0.4, -0.2) is 49.3 Å². The smallest absolute Gasteiger partial charge is 0.318 e. The van der Waals surface area contributed by atoms with E-state index in [0.29, 0.717) is 44.0 Å². The fourth-order valence-electron chi connectivity index (χ4n) is 2.09. The fraction of sp³-hybridized carbons (Fsp3) is 0.818. The number of hydrogen-bond acceptors (Lipinski definition) is 7. The first-order valence-corrected chi connectivity index (χ1v) is 8.46. The number of hydrogen-bond donors (Lipinski definition) is 1. The van der Waals surface area contributed by atoms with Crippen molar-refractivity contribution in [1.29, 1.82) is 0 Å². The second kappa shape index (κ2) is 5.09. The molecule has 8 heteroatoms. The number of rotatable bonds is 4. The standard InChI is InChI=1S/C11H18N4O3S/c16-19(17)6-1-4-15(5-7-19)11-14-13-10(18-11)8-12-9-2-3-9/h9,12H,1-8H2. The molecule has 0 aromatic carbocycles. The molecular formula is C11H18N4O3S. The van der Waals surface area contributed by atoms with Gasteiger partial charge in [-0.3, -0.25) is 0 Å². The van der Waals surface area contributed by atoms with E-state index in [9.17, 15) is 8.42 Å². The van der Waals surface area contributed by atoms with E-state index in [0.717, 1.165) is 0 Å². The van der Waals surface area contributed by atoms with Gasteiger partial charge in [0.2, 0.25) is 5.89 Å². The zero-order chi connectivity index (χ0) is 13.3. The third-order valence-corrected chi connectivity index (χ3v) is 5.12. The molecule has 7 nitrogen and oxygen atoms in total. The van der Waals surface area contributed by atoms with E-state index in [-0.39, 0.29) is 11.5 Å². The number of sulfone groups is 1. The molecule has 1 saturated heterocycles. The highest BCUT2D eigenvalue weighted by atomic mass is 32.2.